The van der Waals surface area contributed by atoms with E-state index in [1.54, 1.807) is 23.2 Å². The monoisotopic (exact) mass is 482 g/mol. The topological polar surface area (TPSA) is 99.7 Å². The number of hydrogen-bond acceptors (Lipinski definition) is 5. The molecule has 0 spiro atoms. The van der Waals surface area contributed by atoms with Crippen LogP contribution in [0.2, 0.25) is 0 Å². The van der Waals surface area contributed by atoms with Crippen molar-refractivity contribution in [3.8, 4) is 0 Å². The van der Waals surface area contributed by atoms with E-state index < -0.39 is 21.8 Å². The van der Waals surface area contributed by atoms with Gasteiger partial charge in [0, 0.05) is 49.9 Å². The van der Waals surface area contributed by atoms with E-state index in [0.29, 0.717) is 16.8 Å². The summed E-state index contributed by atoms with van der Waals surface area (Å²) in [6.07, 6.45) is 1.61. The summed E-state index contributed by atoms with van der Waals surface area (Å²) < 4.78 is 41.8. The number of aromatic nitrogens is 1. The molecule has 0 bridgehead atoms. The van der Waals surface area contributed by atoms with Crippen molar-refractivity contribution in [2.75, 3.05) is 31.5 Å². The molecular formula is C24H23FN4O4S. The van der Waals surface area contributed by atoms with E-state index in [1.807, 2.05) is 19.1 Å². The zero-order chi connectivity index (χ0) is 24.0. The third kappa shape index (κ3) is 3.92. The van der Waals surface area contributed by atoms with E-state index in [9.17, 15) is 22.4 Å². The number of halogens is 1. The van der Waals surface area contributed by atoms with Gasteiger partial charge in [-0.1, -0.05) is 18.2 Å². The highest BCUT2D eigenvalue weighted by atomic mass is 32.2. The van der Waals surface area contributed by atoms with Crippen LogP contribution < -0.4 is 5.32 Å². The first kappa shape index (κ1) is 22.4. The standard InChI is InChI=1S/C24H23FN4O4S/c1-15-11-16-3-2-4-21(23(16)26-14-15)34(32,33)29-9-7-28(8-10-29)24(31)19-13-22(30)27-20-12-17(25)5-6-18(19)20/h2-6,11-12,14,19H,7-10,13H2,1H3,(H,27,30). The number of nitrogens with one attached hydrogen (secondary N) is 1. The van der Waals surface area contributed by atoms with Crippen LogP contribution in [-0.4, -0.2) is 60.6 Å². The van der Waals surface area contributed by atoms with Gasteiger partial charge < -0.3 is 10.2 Å². The smallest absolute Gasteiger partial charge is 0.245 e. The van der Waals surface area contributed by atoms with Gasteiger partial charge in [-0.3, -0.25) is 14.6 Å². The van der Waals surface area contributed by atoms with E-state index in [-0.39, 0.29) is 49.3 Å². The van der Waals surface area contributed by atoms with Gasteiger partial charge in [-0.05, 0) is 42.3 Å². The fraction of sp³-hybridized carbons (Fsp3) is 0.292. The number of aryl methyl sites for hydroxylation is 1. The predicted molar refractivity (Wildman–Crippen MR) is 124 cm³/mol. The van der Waals surface area contributed by atoms with Crippen molar-refractivity contribution in [1.29, 1.82) is 0 Å². The molecule has 0 saturated carbocycles. The summed E-state index contributed by atoms with van der Waals surface area (Å²) >= 11 is 0. The van der Waals surface area contributed by atoms with Crippen LogP contribution in [-0.2, 0) is 19.6 Å². The Balaban J connectivity index is 1.35. The first-order chi connectivity index (χ1) is 16.2. The highest BCUT2D eigenvalue weighted by molar-refractivity contribution is 7.89. The molecule has 1 fully saturated rings. The third-order valence-corrected chi connectivity index (χ3v) is 8.26. The van der Waals surface area contributed by atoms with Crippen LogP contribution in [0.5, 0.6) is 0 Å². The first-order valence-corrected chi connectivity index (χ1v) is 12.4. The number of benzene rings is 2. The van der Waals surface area contributed by atoms with Crippen LogP contribution in [0.15, 0.2) is 53.6 Å². The summed E-state index contributed by atoms with van der Waals surface area (Å²) in [4.78, 5) is 31.4. The van der Waals surface area contributed by atoms with Crippen LogP contribution in [0.1, 0.15) is 23.5 Å². The number of carbonyl (C=O) groups is 2. The predicted octanol–water partition coefficient (Wildman–Crippen LogP) is 2.64. The summed E-state index contributed by atoms with van der Waals surface area (Å²) in [5.41, 5.74) is 2.23. The lowest BCUT2D eigenvalue weighted by atomic mass is 9.89. The average Bonchev–Trinajstić information content (AvgIpc) is 2.82. The number of amides is 2. The number of nitrogens with zero attached hydrogens (tertiary/aromatic N) is 3. The maximum Gasteiger partial charge on any atom is 0.245 e. The van der Waals surface area contributed by atoms with Crippen LogP contribution in [0, 0.1) is 12.7 Å². The van der Waals surface area contributed by atoms with E-state index in [1.165, 1.54) is 22.5 Å². The lowest BCUT2D eigenvalue weighted by Crippen LogP contribution is -2.52. The number of carbonyl (C=O) groups excluding carboxylic acids is 2. The van der Waals surface area contributed by atoms with Crippen LogP contribution in [0.25, 0.3) is 10.9 Å². The van der Waals surface area contributed by atoms with Crippen molar-refractivity contribution >= 4 is 38.4 Å². The van der Waals surface area contributed by atoms with Gasteiger partial charge in [0.15, 0.2) is 0 Å². The Morgan fingerprint density at radius 2 is 1.88 bits per heavy atom. The van der Waals surface area contributed by atoms with Crippen molar-refractivity contribution in [3.05, 3.63) is 65.6 Å². The van der Waals surface area contributed by atoms with Gasteiger partial charge in [0.05, 0.1) is 11.4 Å². The summed E-state index contributed by atoms with van der Waals surface area (Å²) in [5, 5.41) is 3.36. The van der Waals surface area contributed by atoms with Crippen molar-refractivity contribution in [2.24, 2.45) is 0 Å². The summed E-state index contributed by atoms with van der Waals surface area (Å²) in [6, 6.07) is 11.0. The average molecular weight is 483 g/mol. The number of piperazine rings is 1. The number of para-hydroxylation sites is 1. The van der Waals surface area contributed by atoms with E-state index >= 15 is 0 Å². The molecule has 2 aromatic carbocycles. The van der Waals surface area contributed by atoms with Gasteiger partial charge in [0.25, 0.3) is 0 Å². The van der Waals surface area contributed by atoms with Gasteiger partial charge >= 0.3 is 0 Å². The Bertz CT molecular complexity index is 1420. The van der Waals surface area contributed by atoms with Gasteiger partial charge in [0.1, 0.15) is 10.7 Å². The molecule has 0 aliphatic carbocycles. The molecule has 2 aliphatic heterocycles. The molecule has 10 heteroatoms. The van der Waals surface area contributed by atoms with Crippen LogP contribution >= 0.6 is 0 Å². The van der Waals surface area contributed by atoms with Crippen LogP contribution in [0.4, 0.5) is 10.1 Å². The molecule has 3 heterocycles. The van der Waals surface area contributed by atoms with E-state index in [0.717, 1.165) is 10.9 Å². The molecule has 3 aromatic rings. The molecular weight excluding hydrogens is 459 g/mol. The Hall–Kier alpha value is -3.37. The van der Waals surface area contributed by atoms with Crippen molar-refractivity contribution in [1.82, 2.24) is 14.2 Å². The molecule has 2 amide bonds. The highest BCUT2D eigenvalue weighted by Crippen LogP contribution is 2.34. The van der Waals surface area contributed by atoms with Gasteiger partial charge in [-0.25, -0.2) is 12.8 Å². The number of rotatable bonds is 3. The normalized spacial score (nSPS) is 19.1. The lowest BCUT2D eigenvalue weighted by Gasteiger charge is -2.37. The van der Waals surface area contributed by atoms with Gasteiger partial charge in [-0.15, -0.1) is 0 Å². The molecule has 34 heavy (non-hydrogen) atoms. The second-order valence-electron chi connectivity index (χ2n) is 8.61. The molecule has 5 rings (SSSR count). The zero-order valence-electron chi connectivity index (χ0n) is 18.5. The molecule has 0 radical (unpaired) electrons. The SMILES string of the molecule is Cc1cnc2c(S(=O)(=O)N3CCN(C(=O)C4CC(=O)Nc5cc(F)ccc54)CC3)cccc2c1. The minimum Gasteiger partial charge on any atom is -0.340 e. The number of pyridine rings is 1. The molecule has 1 saturated heterocycles. The molecule has 1 atom stereocenters. The second kappa shape index (κ2) is 8.44. The van der Waals surface area contributed by atoms with Crippen LogP contribution in [0.3, 0.4) is 0 Å². The Morgan fingerprint density at radius 1 is 1.12 bits per heavy atom. The van der Waals surface area contributed by atoms with Gasteiger partial charge in [-0.2, -0.15) is 4.31 Å². The summed E-state index contributed by atoms with van der Waals surface area (Å²) in [7, 11) is -3.81. The minimum atomic E-state index is -3.81. The maximum absolute atomic E-state index is 13.6. The Labute approximate surface area is 196 Å². The first-order valence-electron chi connectivity index (χ1n) is 11.0. The molecule has 8 nitrogen and oxygen atoms in total. The fourth-order valence-electron chi connectivity index (χ4n) is 4.62. The number of anilines is 1. The molecule has 176 valence electrons. The largest absolute Gasteiger partial charge is 0.340 e. The van der Waals surface area contributed by atoms with Crippen molar-refractivity contribution < 1.29 is 22.4 Å². The lowest BCUT2D eigenvalue weighted by molar-refractivity contribution is -0.136. The Kier molecular flexibility index (Phi) is 5.57. The number of hydrogen-bond donors (Lipinski definition) is 1. The number of sulfonamides is 1. The number of fused-ring (bicyclic) bond motifs is 2. The zero-order valence-corrected chi connectivity index (χ0v) is 19.3. The van der Waals surface area contributed by atoms with Gasteiger partial charge in [0.2, 0.25) is 21.8 Å². The molecule has 1 N–H and O–H groups in total. The molecule has 2 aliphatic rings. The van der Waals surface area contributed by atoms with Crippen molar-refractivity contribution in [2.45, 2.75) is 24.2 Å². The molecule has 1 aromatic heterocycles. The fourth-order valence-corrected chi connectivity index (χ4v) is 6.20. The highest BCUT2D eigenvalue weighted by Gasteiger charge is 2.37. The quantitative estimate of drug-likeness (QED) is 0.619. The maximum atomic E-state index is 13.6. The van der Waals surface area contributed by atoms with Crippen molar-refractivity contribution in [3.63, 3.8) is 0 Å². The third-order valence-electron chi connectivity index (χ3n) is 6.33. The summed E-state index contributed by atoms with van der Waals surface area (Å²) in [6.45, 7) is 2.56. The minimum absolute atomic E-state index is 0.0307. The Morgan fingerprint density at radius 3 is 2.65 bits per heavy atom. The van der Waals surface area contributed by atoms with E-state index in [2.05, 4.69) is 10.3 Å². The molecule has 1 unspecified atom stereocenters. The summed E-state index contributed by atoms with van der Waals surface area (Å²) in [5.74, 6) is -1.83. The second-order valence-corrected chi connectivity index (χ2v) is 10.5. The van der Waals surface area contributed by atoms with E-state index in [4.69, 9.17) is 0 Å².